The number of rotatable bonds is 6. The van der Waals surface area contributed by atoms with E-state index < -0.39 is 20.9 Å². The van der Waals surface area contributed by atoms with Crippen molar-refractivity contribution in [2.75, 3.05) is 12.4 Å². The highest BCUT2D eigenvalue weighted by atomic mass is 32.2. The molecule has 1 atom stereocenters. The summed E-state index contributed by atoms with van der Waals surface area (Å²) in [5.41, 5.74) is 6.25. The zero-order valence-electron chi connectivity index (χ0n) is 11.4. The fourth-order valence-corrected chi connectivity index (χ4v) is 2.30. The van der Waals surface area contributed by atoms with Crippen molar-refractivity contribution in [1.29, 1.82) is 0 Å². The molecule has 1 unspecified atom stereocenters. The molecule has 1 rings (SSSR count). The highest BCUT2D eigenvalue weighted by molar-refractivity contribution is 7.91. The van der Waals surface area contributed by atoms with Gasteiger partial charge >= 0.3 is 0 Å². The van der Waals surface area contributed by atoms with Gasteiger partial charge in [-0.25, -0.2) is 12.8 Å². The van der Waals surface area contributed by atoms with Gasteiger partial charge in [-0.3, -0.25) is 0 Å². The Morgan fingerprint density at radius 1 is 1.32 bits per heavy atom. The van der Waals surface area contributed by atoms with E-state index >= 15 is 0 Å². The summed E-state index contributed by atoms with van der Waals surface area (Å²) in [6, 6.07) is 3.65. The Labute approximate surface area is 113 Å². The first-order chi connectivity index (χ1) is 8.74. The van der Waals surface area contributed by atoms with Crippen molar-refractivity contribution in [1.82, 2.24) is 0 Å². The molecule has 4 nitrogen and oxygen atoms in total. The number of hydrogen-bond donors (Lipinski definition) is 1. The molecule has 19 heavy (non-hydrogen) atoms. The van der Waals surface area contributed by atoms with Crippen molar-refractivity contribution < 1.29 is 17.5 Å². The molecule has 1 aromatic carbocycles. The third-order valence-electron chi connectivity index (χ3n) is 2.81. The van der Waals surface area contributed by atoms with Gasteiger partial charge in [0.2, 0.25) is 0 Å². The monoisotopic (exact) mass is 289 g/mol. The van der Waals surface area contributed by atoms with E-state index in [1.54, 1.807) is 20.8 Å². The Morgan fingerprint density at radius 3 is 2.47 bits per heavy atom. The topological polar surface area (TPSA) is 69.4 Å². The van der Waals surface area contributed by atoms with Gasteiger partial charge in [-0.15, -0.1) is 0 Å². The standard InChI is InChI=1S/C13H20FNO3S/c1-9(2)19(16,17)7-6-18-13-5-4-11(14)8-12(13)10(3)15/h4-5,8-10H,6-7,15H2,1-3H3. The Kier molecular flexibility index (Phi) is 5.31. The van der Waals surface area contributed by atoms with Gasteiger partial charge in [0, 0.05) is 11.6 Å². The van der Waals surface area contributed by atoms with E-state index in [4.69, 9.17) is 10.5 Å². The lowest BCUT2D eigenvalue weighted by atomic mass is 10.1. The number of sulfone groups is 1. The van der Waals surface area contributed by atoms with Crippen molar-refractivity contribution >= 4 is 9.84 Å². The van der Waals surface area contributed by atoms with Gasteiger partial charge in [0.15, 0.2) is 9.84 Å². The Balaban J connectivity index is 2.74. The number of halogens is 1. The fraction of sp³-hybridized carbons (Fsp3) is 0.538. The molecule has 1 aromatic rings. The molecule has 6 heteroatoms. The molecule has 0 aliphatic rings. The van der Waals surface area contributed by atoms with E-state index in [2.05, 4.69) is 0 Å². The molecule has 0 saturated carbocycles. The van der Waals surface area contributed by atoms with Crippen LogP contribution in [-0.4, -0.2) is 26.0 Å². The van der Waals surface area contributed by atoms with Gasteiger partial charge < -0.3 is 10.5 Å². The maximum absolute atomic E-state index is 13.1. The fourth-order valence-electron chi connectivity index (χ4n) is 1.51. The van der Waals surface area contributed by atoms with Crippen molar-refractivity contribution in [3.8, 4) is 5.75 Å². The van der Waals surface area contributed by atoms with Gasteiger partial charge in [-0.2, -0.15) is 0 Å². The molecule has 0 bridgehead atoms. The van der Waals surface area contributed by atoms with Crippen LogP contribution in [-0.2, 0) is 9.84 Å². The van der Waals surface area contributed by atoms with Crippen LogP contribution in [0.4, 0.5) is 4.39 Å². The van der Waals surface area contributed by atoms with Crippen LogP contribution in [0, 0.1) is 5.82 Å². The second-order valence-corrected chi connectivity index (χ2v) is 7.41. The van der Waals surface area contributed by atoms with Gasteiger partial charge in [0.1, 0.15) is 18.2 Å². The highest BCUT2D eigenvalue weighted by Crippen LogP contribution is 2.24. The first-order valence-corrected chi connectivity index (χ1v) is 7.85. The molecule has 0 fully saturated rings. The second kappa shape index (κ2) is 6.34. The van der Waals surface area contributed by atoms with Crippen LogP contribution in [0.15, 0.2) is 18.2 Å². The minimum absolute atomic E-state index is 0.0336. The summed E-state index contributed by atoms with van der Waals surface area (Å²) in [4.78, 5) is 0. The van der Waals surface area contributed by atoms with Crippen LogP contribution < -0.4 is 10.5 Å². The van der Waals surface area contributed by atoms with E-state index in [1.165, 1.54) is 18.2 Å². The normalized spacial score (nSPS) is 13.6. The number of nitrogens with two attached hydrogens (primary N) is 1. The second-order valence-electron chi connectivity index (χ2n) is 4.74. The summed E-state index contributed by atoms with van der Waals surface area (Å²) in [5.74, 6) is -0.0368. The number of benzene rings is 1. The van der Waals surface area contributed by atoms with Crippen molar-refractivity contribution in [2.45, 2.75) is 32.1 Å². The Bertz CT molecular complexity index is 527. The molecule has 0 amide bonds. The average molecular weight is 289 g/mol. The number of ether oxygens (including phenoxy) is 1. The summed E-state index contributed by atoms with van der Waals surface area (Å²) in [5, 5.41) is -0.433. The van der Waals surface area contributed by atoms with Crippen molar-refractivity contribution in [2.24, 2.45) is 5.73 Å². The molecular weight excluding hydrogens is 269 g/mol. The summed E-state index contributed by atoms with van der Waals surface area (Å²) in [7, 11) is -3.14. The third-order valence-corrected chi connectivity index (χ3v) is 4.98. The first-order valence-electron chi connectivity index (χ1n) is 6.13. The van der Waals surface area contributed by atoms with Gasteiger partial charge in [-0.1, -0.05) is 0 Å². The number of hydrogen-bond acceptors (Lipinski definition) is 4. The lowest BCUT2D eigenvalue weighted by Gasteiger charge is -2.14. The van der Waals surface area contributed by atoms with Gasteiger partial charge in [0.05, 0.1) is 11.0 Å². The predicted octanol–water partition coefficient (Wildman–Crippen LogP) is 2.05. The van der Waals surface area contributed by atoms with Crippen molar-refractivity contribution in [3.05, 3.63) is 29.6 Å². The zero-order chi connectivity index (χ0) is 14.6. The molecule has 0 aliphatic heterocycles. The molecule has 0 aromatic heterocycles. The quantitative estimate of drug-likeness (QED) is 0.870. The van der Waals surface area contributed by atoms with E-state index in [9.17, 15) is 12.8 Å². The molecule has 0 spiro atoms. The third kappa shape index (κ3) is 4.47. The predicted molar refractivity (Wildman–Crippen MR) is 73.4 cm³/mol. The molecule has 2 N–H and O–H groups in total. The van der Waals surface area contributed by atoms with Crippen LogP contribution in [0.2, 0.25) is 0 Å². The van der Waals surface area contributed by atoms with Crippen LogP contribution in [0.3, 0.4) is 0 Å². The SMILES string of the molecule is CC(N)c1cc(F)ccc1OCCS(=O)(=O)C(C)C. The minimum Gasteiger partial charge on any atom is -0.492 e. The van der Waals surface area contributed by atoms with E-state index in [-0.39, 0.29) is 18.4 Å². The minimum atomic E-state index is -3.14. The summed E-state index contributed by atoms with van der Waals surface area (Å²) in [6.45, 7) is 5.00. The van der Waals surface area contributed by atoms with Gasteiger partial charge in [-0.05, 0) is 39.0 Å². The van der Waals surface area contributed by atoms with E-state index in [0.717, 1.165) is 0 Å². The summed E-state index contributed by atoms with van der Waals surface area (Å²) < 4.78 is 41.8. The Hall–Kier alpha value is -1.14. The average Bonchev–Trinajstić information content (AvgIpc) is 2.30. The van der Waals surface area contributed by atoms with Crippen LogP contribution in [0.1, 0.15) is 32.4 Å². The van der Waals surface area contributed by atoms with Crippen molar-refractivity contribution in [3.63, 3.8) is 0 Å². The largest absolute Gasteiger partial charge is 0.492 e. The Morgan fingerprint density at radius 2 is 1.95 bits per heavy atom. The highest BCUT2D eigenvalue weighted by Gasteiger charge is 2.17. The first kappa shape index (κ1) is 15.9. The van der Waals surface area contributed by atoms with E-state index in [1.807, 2.05) is 0 Å². The molecule has 0 heterocycles. The molecule has 0 radical (unpaired) electrons. The summed E-state index contributed by atoms with van der Waals surface area (Å²) in [6.07, 6.45) is 0. The van der Waals surface area contributed by atoms with Crippen LogP contribution in [0.25, 0.3) is 0 Å². The maximum Gasteiger partial charge on any atom is 0.155 e. The lowest BCUT2D eigenvalue weighted by molar-refractivity contribution is 0.334. The summed E-state index contributed by atoms with van der Waals surface area (Å²) >= 11 is 0. The lowest BCUT2D eigenvalue weighted by Crippen LogP contribution is -2.22. The van der Waals surface area contributed by atoms with E-state index in [0.29, 0.717) is 11.3 Å². The molecule has 0 aliphatic carbocycles. The molecular formula is C13H20FNO3S. The molecule has 0 saturated heterocycles. The van der Waals surface area contributed by atoms with Crippen LogP contribution in [0.5, 0.6) is 5.75 Å². The smallest absolute Gasteiger partial charge is 0.155 e. The van der Waals surface area contributed by atoms with Crippen LogP contribution >= 0.6 is 0 Å². The zero-order valence-corrected chi connectivity index (χ0v) is 12.2. The van der Waals surface area contributed by atoms with Gasteiger partial charge in [0.25, 0.3) is 0 Å². The molecule has 108 valence electrons. The maximum atomic E-state index is 13.1.